The van der Waals surface area contributed by atoms with Gasteiger partial charge in [-0.05, 0) is 188 Å². The fourth-order valence-electron chi connectivity index (χ4n) is 15.4. The number of rotatable bonds is 9. The first-order valence-corrected chi connectivity index (χ1v) is 33.7. The largest absolute Gasteiger partial charge is 0.309 e. The molecule has 0 amide bonds. The van der Waals surface area contributed by atoms with Gasteiger partial charge in [-0.25, -0.2) is 0 Å². The van der Waals surface area contributed by atoms with Crippen LogP contribution in [-0.2, 0) is 0 Å². The highest BCUT2D eigenvalue weighted by atomic mass is 15.0. The Morgan fingerprint density at radius 2 is 0.378 bits per heavy atom. The normalized spacial score (nSPS) is 11.7. The molecule has 0 unspecified atom stereocenters. The maximum atomic E-state index is 2.40. The average molecular weight is 1250 g/mol. The van der Waals surface area contributed by atoms with Crippen LogP contribution in [0.1, 0.15) is 0 Å². The van der Waals surface area contributed by atoms with Gasteiger partial charge in [0.05, 0.1) is 44.1 Å². The van der Waals surface area contributed by atoms with Gasteiger partial charge in [0.15, 0.2) is 0 Å². The molecule has 0 N–H and O–H groups in total. The van der Waals surface area contributed by atoms with Crippen molar-refractivity contribution in [2.45, 2.75) is 0 Å². The first-order valence-electron chi connectivity index (χ1n) is 33.7. The van der Waals surface area contributed by atoms with Crippen LogP contribution in [-0.4, -0.2) is 18.3 Å². The standard InChI is InChI=1S/C48H32N2.C46H30N2/c1-3-12-33(13-4-1)36-14-11-17-40(30-36)50-46-21-10-8-19-42(46)44-32-38(27-29-48(44)50)35-24-22-34(23-25-35)37-26-28-47-43(31-37)41-18-7-9-20-45(41)49(47)39-15-5-2-6-16-39;1-2-12-37(13-3-1)47-43-16-8-6-14-39(43)41-29-35(23-26-45(41)47)32-18-20-33(21-19-32)36-24-27-46-42(30-36)40-15-7-9-17-44(40)48(46)38-25-22-31-10-4-5-11-34(31)28-38/h1-32H;1-30H. The minimum absolute atomic E-state index is 1.17. The Hall–Kier alpha value is -13.0. The van der Waals surface area contributed by atoms with E-state index in [1.54, 1.807) is 0 Å². The Labute approximate surface area is 567 Å². The van der Waals surface area contributed by atoms with Gasteiger partial charge in [-0.15, -0.1) is 0 Å². The number of hydrogen-bond donors (Lipinski definition) is 0. The van der Waals surface area contributed by atoms with Gasteiger partial charge in [0.2, 0.25) is 0 Å². The molecule has 0 fully saturated rings. The molecule has 0 atom stereocenters. The Bertz CT molecular complexity index is 6450. The number of nitrogens with zero attached hydrogens (tertiary/aromatic N) is 4. The molecular formula is C94H62N4. The van der Waals surface area contributed by atoms with E-state index < -0.39 is 0 Å². The summed E-state index contributed by atoms with van der Waals surface area (Å²) in [5, 5.41) is 12.6. The molecule has 98 heavy (non-hydrogen) atoms. The highest BCUT2D eigenvalue weighted by molar-refractivity contribution is 6.14. The number of fused-ring (bicyclic) bond motifs is 13. The molecule has 4 heterocycles. The Morgan fingerprint density at radius 3 is 0.765 bits per heavy atom. The van der Waals surface area contributed by atoms with Gasteiger partial charge in [0.1, 0.15) is 0 Å². The molecule has 20 aromatic rings. The third-order valence-electron chi connectivity index (χ3n) is 20.0. The summed E-state index contributed by atoms with van der Waals surface area (Å²) in [5.74, 6) is 0. The highest BCUT2D eigenvalue weighted by Crippen LogP contribution is 2.42. The second-order valence-electron chi connectivity index (χ2n) is 25.6. The predicted octanol–water partition coefficient (Wildman–Crippen LogP) is 25.2. The third-order valence-corrected chi connectivity index (χ3v) is 20.0. The molecule has 4 aromatic heterocycles. The van der Waals surface area contributed by atoms with Crippen LogP contribution >= 0.6 is 0 Å². The monoisotopic (exact) mass is 1250 g/mol. The fraction of sp³-hybridized carbons (Fsp3) is 0. The number of para-hydroxylation sites is 6. The van der Waals surface area contributed by atoms with E-state index in [0.717, 1.165) is 0 Å². The third kappa shape index (κ3) is 9.60. The topological polar surface area (TPSA) is 19.7 Å². The van der Waals surface area contributed by atoms with Gasteiger partial charge in [0.25, 0.3) is 0 Å². The molecular weight excluding hydrogens is 1190 g/mol. The smallest absolute Gasteiger partial charge is 0.0541 e. The maximum absolute atomic E-state index is 2.40. The summed E-state index contributed by atoms with van der Waals surface area (Å²) in [6.45, 7) is 0. The summed E-state index contributed by atoms with van der Waals surface area (Å²) in [6.07, 6.45) is 0. The molecule has 4 nitrogen and oxygen atoms in total. The number of hydrogen-bond acceptors (Lipinski definition) is 0. The molecule has 0 aliphatic heterocycles. The zero-order valence-electron chi connectivity index (χ0n) is 53.6. The molecule has 0 bridgehead atoms. The van der Waals surface area contributed by atoms with Crippen LogP contribution in [0.5, 0.6) is 0 Å². The van der Waals surface area contributed by atoms with Crippen LogP contribution < -0.4 is 0 Å². The van der Waals surface area contributed by atoms with Gasteiger partial charge < -0.3 is 18.3 Å². The lowest BCUT2D eigenvalue weighted by molar-refractivity contribution is 1.18. The van der Waals surface area contributed by atoms with E-state index in [0.29, 0.717) is 0 Å². The summed E-state index contributed by atoms with van der Waals surface area (Å²) in [4.78, 5) is 0. The van der Waals surface area contributed by atoms with E-state index in [9.17, 15) is 0 Å². The molecule has 0 saturated heterocycles. The van der Waals surface area contributed by atoms with E-state index in [1.807, 2.05) is 0 Å². The highest BCUT2D eigenvalue weighted by Gasteiger charge is 2.19. The van der Waals surface area contributed by atoms with Crippen molar-refractivity contribution in [2.75, 3.05) is 0 Å². The van der Waals surface area contributed by atoms with Crippen molar-refractivity contribution in [3.8, 4) is 78.4 Å². The van der Waals surface area contributed by atoms with Crippen molar-refractivity contribution >= 4 is 98.0 Å². The average Bonchev–Trinajstić information content (AvgIpc) is 1.62. The van der Waals surface area contributed by atoms with Crippen molar-refractivity contribution in [2.24, 2.45) is 0 Å². The van der Waals surface area contributed by atoms with Crippen molar-refractivity contribution in [1.82, 2.24) is 18.3 Å². The van der Waals surface area contributed by atoms with Crippen LogP contribution in [0, 0.1) is 0 Å². The van der Waals surface area contributed by atoms with Crippen LogP contribution in [0.3, 0.4) is 0 Å². The minimum Gasteiger partial charge on any atom is -0.309 e. The van der Waals surface area contributed by atoms with E-state index in [1.165, 1.54) is 176 Å². The molecule has 0 saturated carbocycles. The van der Waals surface area contributed by atoms with E-state index in [4.69, 9.17) is 0 Å². The van der Waals surface area contributed by atoms with Crippen molar-refractivity contribution < 1.29 is 0 Å². The van der Waals surface area contributed by atoms with Crippen LogP contribution in [0.4, 0.5) is 0 Å². The molecule has 20 rings (SSSR count). The minimum atomic E-state index is 1.17. The van der Waals surface area contributed by atoms with Gasteiger partial charge >= 0.3 is 0 Å². The van der Waals surface area contributed by atoms with Crippen molar-refractivity contribution in [3.05, 3.63) is 376 Å². The molecule has 4 heteroatoms. The first kappa shape index (κ1) is 56.5. The summed E-state index contributed by atoms with van der Waals surface area (Å²) in [5.41, 5.74) is 26.6. The zero-order chi connectivity index (χ0) is 64.6. The number of benzene rings is 16. The summed E-state index contributed by atoms with van der Waals surface area (Å²) < 4.78 is 9.53. The molecule has 0 aliphatic rings. The van der Waals surface area contributed by atoms with Gasteiger partial charge in [-0.1, -0.05) is 255 Å². The lowest BCUT2D eigenvalue weighted by Gasteiger charge is -2.11. The Morgan fingerprint density at radius 1 is 0.122 bits per heavy atom. The van der Waals surface area contributed by atoms with E-state index >= 15 is 0 Å². The quantitative estimate of drug-likeness (QED) is 0.137. The van der Waals surface area contributed by atoms with Gasteiger partial charge in [0, 0.05) is 65.8 Å². The molecule has 0 aliphatic carbocycles. The van der Waals surface area contributed by atoms with Crippen LogP contribution in [0.15, 0.2) is 376 Å². The lowest BCUT2D eigenvalue weighted by Crippen LogP contribution is -1.94. The van der Waals surface area contributed by atoms with E-state index in [-0.39, 0.29) is 0 Å². The molecule has 16 aromatic carbocycles. The molecule has 0 radical (unpaired) electrons. The van der Waals surface area contributed by atoms with Crippen molar-refractivity contribution in [1.29, 1.82) is 0 Å². The SMILES string of the molecule is c1ccc(-c2cccc(-n3c4ccccc4c4cc(-c5ccc(-c6ccc7c(c6)c6ccccc6n7-c6ccccc6)cc5)ccc43)c2)cc1.c1ccc(-n2c3ccccc3c3cc(-c4ccc(-c5ccc6c(c5)c5ccccc5n6-c5ccc6ccccc6c5)cc4)ccc32)cc1. The maximum Gasteiger partial charge on any atom is 0.0541 e. The van der Waals surface area contributed by atoms with Crippen LogP contribution in [0.25, 0.3) is 176 Å². The van der Waals surface area contributed by atoms with Crippen LogP contribution in [0.2, 0.25) is 0 Å². The fourth-order valence-corrected chi connectivity index (χ4v) is 15.4. The lowest BCUT2D eigenvalue weighted by atomic mass is 9.98. The van der Waals surface area contributed by atoms with Gasteiger partial charge in [-0.3, -0.25) is 0 Å². The predicted molar refractivity (Wildman–Crippen MR) is 415 cm³/mol. The zero-order valence-corrected chi connectivity index (χ0v) is 53.6. The second kappa shape index (κ2) is 23.5. The number of aromatic nitrogens is 4. The summed E-state index contributed by atoms with van der Waals surface area (Å²) in [6, 6.07) is 137. The Kier molecular flexibility index (Phi) is 13.5. The van der Waals surface area contributed by atoms with Crippen molar-refractivity contribution in [3.63, 3.8) is 0 Å². The first-order chi connectivity index (χ1) is 48.6. The van der Waals surface area contributed by atoms with E-state index in [2.05, 4.69) is 394 Å². The molecule has 458 valence electrons. The molecule has 0 spiro atoms. The second-order valence-corrected chi connectivity index (χ2v) is 25.6. The summed E-state index contributed by atoms with van der Waals surface area (Å²) >= 11 is 0. The Balaban J connectivity index is 0.000000137. The van der Waals surface area contributed by atoms with Gasteiger partial charge in [-0.2, -0.15) is 0 Å². The summed E-state index contributed by atoms with van der Waals surface area (Å²) in [7, 11) is 0.